The average Bonchev–Trinajstić information content (AvgIpc) is 2.60. The second kappa shape index (κ2) is 12.4. The maximum atomic E-state index is 5.90. The minimum atomic E-state index is 0. The van der Waals surface area contributed by atoms with E-state index in [1.54, 1.807) is 0 Å². The maximum absolute atomic E-state index is 5.90. The number of aliphatic imine (C=N–C) groups is 1. The van der Waals surface area contributed by atoms with Crippen molar-refractivity contribution in [2.24, 2.45) is 10.9 Å². The zero-order chi connectivity index (χ0) is 18.1. The van der Waals surface area contributed by atoms with E-state index >= 15 is 0 Å². The summed E-state index contributed by atoms with van der Waals surface area (Å²) in [6.45, 7) is 10.9. The topological polar surface area (TPSA) is 48.9 Å². The second-order valence-electron chi connectivity index (χ2n) is 7.31. The normalized spacial score (nSPS) is 17.5. The summed E-state index contributed by atoms with van der Waals surface area (Å²) in [5, 5.41) is 6.94. The smallest absolute Gasteiger partial charge is 0.191 e. The first-order chi connectivity index (χ1) is 12.1. The number of ether oxygens (including phenoxy) is 1. The Labute approximate surface area is 176 Å². The summed E-state index contributed by atoms with van der Waals surface area (Å²) in [6, 6.07) is 10.4. The van der Waals surface area contributed by atoms with Gasteiger partial charge in [0.25, 0.3) is 0 Å². The lowest BCUT2D eigenvalue weighted by atomic mass is 10.0. The minimum absolute atomic E-state index is 0. The van der Waals surface area contributed by atoms with Gasteiger partial charge in [-0.05, 0) is 37.8 Å². The molecule has 2 N–H and O–H groups in total. The summed E-state index contributed by atoms with van der Waals surface area (Å²) in [4.78, 5) is 6.92. The fourth-order valence-corrected chi connectivity index (χ4v) is 3.18. The molecule has 1 aliphatic rings. The SMILES string of the molecule is CN=C(NCC(C)Oc1ccccc1)NC1CCN(CC(C)C)CC1.I. The molecule has 1 heterocycles. The maximum Gasteiger partial charge on any atom is 0.191 e. The van der Waals surface area contributed by atoms with E-state index in [2.05, 4.69) is 41.3 Å². The third-order valence-corrected chi connectivity index (χ3v) is 4.41. The van der Waals surface area contributed by atoms with Crippen molar-refractivity contribution in [2.45, 2.75) is 45.8 Å². The Bertz CT molecular complexity index is 516. The van der Waals surface area contributed by atoms with Crippen LogP contribution in [0, 0.1) is 5.92 Å². The predicted octanol–water partition coefficient (Wildman–Crippen LogP) is 3.36. The van der Waals surface area contributed by atoms with E-state index in [1.165, 1.54) is 32.5 Å². The first-order valence-electron chi connectivity index (χ1n) is 9.48. The highest BCUT2D eigenvalue weighted by atomic mass is 127. The van der Waals surface area contributed by atoms with Crippen molar-refractivity contribution in [1.82, 2.24) is 15.5 Å². The monoisotopic (exact) mass is 474 g/mol. The number of rotatable bonds is 7. The van der Waals surface area contributed by atoms with Crippen LogP contribution >= 0.6 is 24.0 Å². The minimum Gasteiger partial charge on any atom is -0.489 e. The number of benzene rings is 1. The number of likely N-dealkylation sites (tertiary alicyclic amines) is 1. The van der Waals surface area contributed by atoms with Crippen molar-refractivity contribution >= 4 is 29.9 Å². The van der Waals surface area contributed by atoms with Crippen LogP contribution in [0.3, 0.4) is 0 Å². The van der Waals surface area contributed by atoms with Gasteiger partial charge in [-0.25, -0.2) is 0 Å². The highest BCUT2D eigenvalue weighted by Gasteiger charge is 2.20. The Hall–Kier alpha value is -1.02. The summed E-state index contributed by atoms with van der Waals surface area (Å²) in [7, 11) is 1.83. The molecule has 0 aromatic heterocycles. The second-order valence-corrected chi connectivity index (χ2v) is 7.31. The number of piperidine rings is 1. The van der Waals surface area contributed by atoms with Gasteiger partial charge in [0.1, 0.15) is 11.9 Å². The van der Waals surface area contributed by atoms with Gasteiger partial charge in [0.15, 0.2) is 5.96 Å². The van der Waals surface area contributed by atoms with E-state index in [9.17, 15) is 0 Å². The van der Waals surface area contributed by atoms with Crippen LogP contribution in [0.4, 0.5) is 0 Å². The van der Waals surface area contributed by atoms with Gasteiger partial charge in [-0.15, -0.1) is 24.0 Å². The molecule has 1 unspecified atom stereocenters. The molecular weight excluding hydrogens is 439 g/mol. The van der Waals surface area contributed by atoms with Crippen LogP contribution < -0.4 is 15.4 Å². The van der Waals surface area contributed by atoms with E-state index in [4.69, 9.17) is 4.74 Å². The summed E-state index contributed by atoms with van der Waals surface area (Å²) < 4.78 is 5.90. The quantitative estimate of drug-likeness (QED) is 0.362. The summed E-state index contributed by atoms with van der Waals surface area (Å²) in [5.41, 5.74) is 0. The van der Waals surface area contributed by atoms with Crippen LogP contribution in [0.5, 0.6) is 5.75 Å². The lowest BCUT2D eigenvalue weighted by molar-refractivity contribution is 0.186. The van der Waals surface area contributed by atoms with Crippen LogP contribution in [-0.4, -0.2) is 56.2 Å². The molecule has 26 heavy (non-hydrogen) atoms. The Morgan fingerprint density at radius 1 is 1.19 bits per heavy atom. The van der Waals surface area contributed by atoms with E-state index in [0.717, 1.165) is 24.2 Å². The molecule has 2 rings (SSSR count). The molecule has 0 amide bonds. The van der Waals surface area contributed by atoms with Gasteiger partial charge in [-0.3, -0.25) is 4.99 Å². The van der Waals surface area contributed by atoms with Crippen molar-refractivity contribution in [3.05, 3.63) is 30.3 Å². The van der Waals surface area contributed by atoms with E-state index in [0.29, 0.717) is 6.04 Å². The van der Waals surface area contributed by atoms with Crippen LogP contribution in [-0.2, 0) is 0 Å². The number of halogens is 1. The van der Waals surface area contributed by atoms with Crippen LogP contribution in [0.15, 0.2) is 35.3 Å². The van der Waals surface area contributed by atoms with Gasteiger partial charge in [0.2, 0.25) is 0 Å². The van der Waals surface area contributed by atoms with Gasteiger partial charge in [0.05, 0.1) is 6.54 Å². The number of hydrogen-bond acceptors (Lipinski definition) is 3. The molecule has 1 aromatic rings. The first-order valence-corrected chi connectivity index (χ1v) is 9.48. The molecular formula is C20H35IN4O. The summed E-state index contributed by atoms with van der Waals surface area (Å²) >= 11 is 0. The highest BCUT2D eigenvalue weighted by molar-refractivity contribution is 14.0. The number of nitrogens with zero attached hydrogens (tertiary/aromatic N) is 2. The van der Waals surface area contributed by atoms with E-state index in [1.807, 2.05) is 37.4 Å². The summed E-state index contributed by atoms with van der Waals surface area (Å²) in [5.74, 6) is 2.51. The molecule has 0 bridgehead atoms. The van der Waals surface area contributed by atoms with Crippen LogP contribution in [0.1, 0.15) is 33.6 Å². The molecule has 5 nitrogen and oxygen atoms in total. The van der Waals surface area contributed by atoms with Crippen LogP contribution in [0.2, 0.25) is 0 Å². The van der Waals surface area contributed by atoms with Crippen molar-refractivity contribution in [3.8, 4) is 5.75 Å². The molecule has 0 radical (unpaired) electrons. The van der Waals surface area contributed by atoms with Crippen molar-refractivity contribution in [2.75, 3.05) is 33.2 Å². The number of para-hydroxylation sites is 1. The predicted molar refractivity (Wildman–Crippen MR) is 121 cm³/mol. The number of nitrogens with one attached hydrogen (secondary N) is 2. The molecule has 1 saturated heterocycles. The fourth-order valence-electron chi connectivity index (χ4n) is 3.18. The van der Waals surface area contributed by atoms with E-state index < -0.39 is 0 Å². The van der Waals surface area contributed by atoms with E-state index in [-0.39, 0.29) is 30.1 Å². The Morgan fingerprint density at radius 2 is 1.85 bits per heavy atom. The van der Waals surface area contributed by atoms with Gasteiger partial charge in [0, 0.05) is 32.7 Å². The zero-order valence-electron chi connectivity index (χ0n) is 16.6. The largest absolute Gasteiger partial charge is 0.489 e. The molecule has 0 aliphatic carbocycles. The Balaban J connectivity index is 0.00000338. The lowest BCUT2D eigenvalue weighted by Gasteiger charge is -2.34. The van der Waals surface area contributed by atoms with Gasteiger partial charge >= 0.3 is 0 Å². The van der Waals surface area contributed by atoms with Crippen molar-refractivity contribution in [3.63, 3.8) is 0 Å². The lowest BCUT2D eigenvalue weighted by Crippen LogP contribution is -2.50. The molecule has 1 atom stereocenters. The van der Waals surface area contributed by atoms with Crippen molar-refractivity contribution in [1.29, 1.82) is 0 Å². The Kier molecular flexibility index (Phi) is 11.0. The van der Waals surface area contributed by atoms with Gasteiger partial charge < -0.3 is 20.3 Å². The number of hydrogen-bond donors (Lipinski definition) is 2. The molecule has 0 saturated carbocycles. The third kappa shape index (κ3) is 8.58. The molecule has 6 heteroatoms. The molecule has 1 fully saturated rings. The standard InChI is InChI=1S/C20H34N4O.HI/c1-16(2)15-24-12-10-18(11-13-24)23-20(21-4)22-14-17(3)25-19-8-6-5-7-9-19;/h5-9,16-18H,10-15H2,1-4H3,(H2,21,22,23);1H. The number of guanidine groups is 1. The van der Waals surface area contributed by atoms with Crippen LogP contribution in [0.25, 0.3) is 0 Å². The first kappa shape index (κ1) is 23.0. The van der Waals surface area contributed by atoms with Gasteiger partial charge in [-0.1, -0.05) is 32.0 Å². The highest BCUT2D eigenvalue weighted by Crippen LogP contribution is 2.12. The Morgan fingerprint density at radius 3 is 2.42 bits per heavy atom. The zero-order valence-corrected chi connectivity index (χ0v) is 18.9. The molecule has 1 aromatic carbocycles. The third-order valence-electron chi connectivity index (χ3n) is 4.41. The van der Waals surface area contributed by atoms with Crippen molar-refractivity contribution < 1.29 is 4.74 Å². The summed E-state index contributed by atoms with van der Waals surface area (Å²) in [6.07, 6.45) is 2.42. The average molecular weight is 474 g/mol. The molecule has 1 aliphatic heterocycles. The molecule has 148 valence electrons. The van der Waals surface area contributed by atoms with Gasteiger partial charge in [-0.2, -0.15) is 0 Å². The fraction of sp³-hybridized carbons (Fsp3) is 0.650. The molecule has 0 spiro atoms.